The number of alkyl halides is 3. The van der Waals surface area contributed by atoms with Crippen molar-refractivity contribution in [3.8, 4) is 0 Å². The molecule has 86 valence electrons. The van der Waals surface area contributed by atoms with Crippen LogP contribution in [0.4, 0.5) is 0 Å². The van der Waals surface area contributed by atoms with Crippen LogP contribution in [0, 0.1) is 13.8 Å². The number of halogens is 3. The fourth-order valence-electron chi connectivity index (χ4n) is 0.588. The van der Waals surface area contributed by atoms with Crippen LogP contribution in [0.2, 0.25) is 0 Å². The van der Waals surface area contributed by atoms with Crippen molar-refractivity contribution in [3.05, 3.63) is 23.8 Å². The number of hydrogen-bond donors (Lipinski definition) is 1. The largest absolute Gasteiger partial charge is 0.242 e. The second kappa shape index (κ2) is 6.93. The van der Waals surface area contributed by atoms with Gasteiger partial charge in [-0.25, -0.2) is 18.4 Å². The fourth-order valence-corrected chi connectivity index (χ4v) is 0.588. The molecule has 0 saturated heterocycles. The second-order valence-electron chi connectivity index (χ2n) is 2.53. The number of aromatic nitrogens is 2. The maximum atomic E-state index is 9.92. The smallest absolute Gasteiger partial charge is 0.232 e. The molecule has 0 aliphatic heterocycles. The Hall–Kier alpha value is 0.470. The summed E-state index contributed by atoms with van der Waals surface area (Å²) in [6.45, 7) is 3.91. The van der Waals surface area contributed by atoms with E-state index < -0.39 is 12.2 Å². The van der Waals surface area contributed by atoms with E-state index in [1.54, 1.807) is 6.33 Å². The van der Waals surface area contributed by atoms with Crippen molar-refractivity contribution in [2.24, 2.45) is 0 Å². The average Bonchev–Trinajstić information content (AvgIpc) is 2.02. The van der Waals surface area contributed by atoms with E-state index in [0.717, 1.165) is 11.4 Å². The Labute approximate surface area is 115 Å². The van der Waals surface area contributed by atoms with Crippen molar-refractivity contribution in [1.82, 2.24) is 9.97 Å². The molecule has 1 heterocycles. The highest BCUT2D eigenvalue weighted by Crippen LogP contribution is 2.33. The zero-order chi connectivity index (χ0) is 12.1. The van der Waals surface area contributed by atoms with Gasteiger partial charge in [-0.2, -0.15) is 0 Å². The zero-order valence-corrected chi connectivity index (χ0v) is 13.6. The number of aryl methyl sites for hydroxylation is 2. The molecule has 0 radical (unpaired) electrons. The molecule has 0 saturated carbocycles. The Morgan fingerprint density at radius 2 is 1.47 bits per heavy atom. The maximum absolute atomic E-state index is 9.92. The molecule has 0 amide bonds. The number of thiol groups is 1. The first kappa shape index (κ1) is 15.5. The SMILES string of the molecule is Cc1cc(C)ncn1.O=[SH](=O)C(Br)(Br)Br. The van der Waals surface area contributed by atoms with Crippen LogP contribution in [-0.2, 0) is 10.7 Å². The van der Waals surface area contributed by atoms with E-state index >= 15 is 0 Å². The summed E-state index contributed by atoms with van der Waals surface area (Å²) in [7, 11) is -2.49. The van der Waals surface area contributed by atoms with E-state index in [2.05, 4.69) is 57.8 Å². The molecule has 0 aliphatic carbocycles. The first-order valence-electron chi connectivity index (χ1n) is 3.70. The second-order valence-corrected chi connectivity index (χ2v) is 12.3. The Morgan fingerprint density at radius 3 is 1.60 bits per heavy atom. The van der Waals surface area contributed by atoms with Gasteiger partial charge in [-0.15, -0.1) is 0 Å². The third kappa shape index (κ3) is 8.29. The van der Waals surface area contributed by atoms with Crippen LogP contribution in [0.3, 0.4) is 0 Å². The van der Waals surface area contributed by atoms with E-state index in [-0.39, 0.29) is 0 Å². The standard InChI is InChI=1S/C6H8N2.CHBr3O2S/c1-5-3-6(2)8-4-7-5;2-1(3,4)7(5)6/h3-4H,1-2H3;7H. The molecule has 1 rings (SSSR count). The summed E-state index contributed by atoms with van der Waals surface area (Å²) in [6, 6.07) is 1.94. The molecule has 0 spiro atoms. The predicted octanol–water partition coefficient (Wildman–Crippen LogP) is 2.49. The Morgan fingerprint density at radius 1 is 1.13 bits per heavy atom. The lowest BCUT2D eigenvalue weighted by atomic mass is 10.4. The molecule has 0 bridgehead atoms. The molecule has 8 heteroatoms. The summed E-state index contributed by atoms with van der Waals surface area (Å²) in [6.07, 6.45) is 1.57. The molecule has 0 atom stereocenters. The van der Waals surface area contributed by atoms with E-state index in [0.29, 0.717) is 0 Å². The summed E-state index contributed by atoms with van der Waals surface area (Å²) in [5.41, 5.74) is 2.05. The summed E-state index contributed by atoms with van der Waals surface area (Å²) in [4.78, 5) is 7.86. The average molecular weight is 425 g/mol. The minimum absolute atomic E-state index is 1.03. The molecule has 0 unspecified atom stereocenters. The van der Waals surface area contributed by atoms with Crippen molar-refractivity contribution in [1.29, 1.82) is 0 Å². The molecule has 0 aliphatic rings. The van der Waals surface area contributed by atoms with Crippen molar-refractivity contribution in [2.45, 2.75) is 15.3 Å². The van der Waals surface area contributed by atoms with Crippen LogP contribution in [0.15, 0.2) is 12.4 Å². The lowest BCUT2D eigenvalue weighted by Gasteiger charge is -1.96. The van der Waals surface area contributed by atoms with Gasteiger partial charge in [-0.05, 0) is 67.7 Å². The molecular weight excluding hydrogens is 416 g/mol. The lowest BCUT2D eigenvalue weighted by Crippen LogP contribution is -1.99. The molecule has 0 N–H and O–H groups in total. The van der Waals surface area contributed by atoms with Crippen LogP contribution >= 0.6 is 47.8 Å². The highest BCUT2D eigenvalue weighted by molar-refractivity contribution is 9.42. The van der Waals surface area contributed by atoms with Gasteiger partial charge in [-0.1, -0.05) is 0 Å². The summed E-state index contributed by atoms with van der Waals surface area (Å²) in [5, 5.41) is 0. The van der Waals surface area contributed by atoms with E-state index in [1.807, 2.05) is 19.9 Å². The van der Waals surface area contributed by atoms with Gasteiger partial charge in [0.2, 0.25) is 1.47 Å². The van der Waals surface area contributed by atoms with Gasteiger partial charge in [-0.3, -0.25) is 0 Å². The first-order chi connectivity index (χ1) is 6.73. The molecule has 4 nitrogen and oxygen atoms in total. The summed E-state index contributed by atoms with van der Waals surface area (Å²) >= 11 is 8.34. The quantitative estimate of drug-likeness (QED) is 0.513. The van der Waals surface area contributed by atoms with E-state index in [1.165, 1.54) is 0 Å². The third-order valence-electron chi connectivity index (χ3n) is 1.15. The van der Waals surface area contributed by atoms with E-state index in [9.17, 15) is 8.42 Å². The van der Waals surface area contributed by atoms with Crippen molar-refractivity contribution in [2.75, 3.05) is 0 Å². The van der Waals surface area contributed by atoms with Crippen LogP contribution in [-0.4, -0.2) is 19.9 Å². The number of rotatable bonds is 0. The normalized spacial score (nSPS) is 10.8. The third-order valence-corrected chi connectivity index (χ3v) is 4.17. The first-order valence-corrected chi connectivity index (χ1v) is 7.25. The fraction of sp³-hybridized carbons (Fsp3) is 0.429. The van der Waals surface area contributed by atoms with Gasteiger partial charge >= 0.3 is 0 Å². The summed E-state index contributed by atoms with van der Waals surface area (Å²) < 4.78 is 18.7. The Kier molecular flexibility index (Phi) is 7.14. The minimum atomic E-state index is -2.49. The van der Waals surface area contributed by atoms with Gasteiger partial charge in [0.05, 0.1) is 0 Å². The Balaban J connectivity index is 0.000000265. The number of hydrogen-bond acceptors (Lipinski definition) is 4. The topological polar surface area (TPSA) is 59.9 Å². The van der Waals surface area contributed by atoms with E-state index in [4.69, 9.17) is 0 Å². The maximum Gasteiger partial charge on any atom is 0.232 e. The zero-order valence-electron chi connectivity index (χ0n) is 7.95. The van der Waals surface area contributed by atoms with Crippen molar-refractivity contribution >= 4 is 58.5 Å². The minimum Gasteiger partial charge on any atom is -0.242 e. The van der Waals surface area contributed by atoms with Gasteiger partial charge < -0.3 is 0 Å². The van der Waals surface area contributed by atoms with Crippen LogP contribution in [0.1, 0.15) is 11.4 Å². The molecule has 0 fully saturated rings. The van der Waals surface area contributed by atoms with Crippen molar-refractivity contribution in [3.63, 3.8) is 0 Å². The molecule has 0 aromatic carbocycles. The predicted molar refractivity (Wildman–Crippen MR) is 71.3 cm³/mol. The molecule has 15 heavy (non-hydrogen) atoms. The van der Waals surface area contributed by atoms with Gasteiger partial charge in [0.1, 0.15) is 6.33 Å². The van der Waals surface area contributed by atoms with Gasteiger partial charge in [0.25, 0.3) is 0 Å². The molecule has 1 aromatic heterocycles. The summed E-state index contributed by atoms with van der Waals surface area (Å²) in [5.74, 6) is 0. The molecular formula is C7H9Br3N2O2S. The van der Waals surface area contributed by atoms with Crippen LogP contribution < -0.4 is 0 Å². The highest BCUT2D eigenvalue weighted by atomic mass is 80.0. The lowest BCUT2D eigenvalue weighted by molar-refractivity contribution is 0.617. The van der Waals surface area contributed by atoms with Crippen molar-refractivity contribution < 1.29 is 8.42 Å². The van der Waals surface area contributed by atoms with Gasteiger partial charge in [0.15, 0.2) is 10.7 Å². The Bertz CT molecular complexity index is 365. The van der Waals surface area contributed by atoms with Crippen LogP contribution in [0.5, 0.6) is 0 Å². The molecule has 1 aromatic rings. The van der Waals surface area contributed by atoms with Crippen LogP contribution in [0.25, 0.3) is 0 Å². The monoisotopic (exact) mass is 422 g/mol. The number of nitrogens with zero attached hydrogens (tertiary/aromatic N) is 2. The highest BCUT2D eigenvalue weighted by Gasteiger charge is 2.20. The van der Waals surface area contributed by atoms with Gasteiger partial charge in [0, 0.05) is 11.4 Å².